The molecular formula is C25H23F3N2O2S. The molecule has 0 heterocycles. The lowest BCUT2D eigenvalue weighted by Gasteiger charge is -2.19. The summed E-state index contributed by atoms with van der Waals surface area (Å²) in [4.78, 5) is 25.6. The molecule has 3 aromatic carbocycles. The Morgan fingerprint density at radius 2 is 1.52 bits per heavy atom. The van der Waals surface area contributed by atoms with Crippen LogP contribution in [0.1, 0.15) is 36.1 Å². The Kier molecular flexibility index (Phi) is 8.16. The molecule has 0 radical (unpaired) electrons. The van der Waals surface area contributed by atoms with Gasteiger partial charge in [0.15, 0.2) is 0 Å². The predicted octanol–water partition coefficient (Wildman–Crippen LogP) is 6.92. The molecule has 0 aliphatic heterocycles. The van der Waals surface area contributed by atoms with Crippen molar-refractivity contribution in [2.45, 2.75) is 36.1 Å². The summed E-state index contributed by atoms with van der Waals surface area (Å²) in [5.41, 5.74) is 0.107. The van der Waals surface area contributed by atoms with Crippen LogP contribution < -0.4 is 10.6 Å². The molecule has 3 rings (SSSR count). The van der Waals surface area contributed by atoms with Crippen LogP contribution in [0.3, 0.4) is 0 Å². The molecule has 0 aromatic heterocycles. The largest absolute Gasteiger partial charge is 0.418 e. The van der Waals surface area contributed by atoms with Crippen LogP contribution in [0, 0.1) is 0 Å². The number of benzene rings is 3. The lowest BCUT2D eigenvalue weighted by Crippen LogP contribution is -2.21. The number of carbonyl (C=O) groups is 2. The van der Waals surface area contributed by atoms with Crippen molar-refractivity contribution in [2.75, 3.05) is 10.6 Å². The van der Waals surface area contributed by atoms with Crippen LogP contribution >= 0.6 is 11.8 Å². The van der Waals surface area contributed by atoms with Crippen LogP contribution in [0.15, 0.2) is 83.8 Å². The Morgan fingerprint density at radius 3 is 2.15 bits per heavy atom. The van der Waals surface area contributed by atoms with Crippen LogP contribution in [0.5, 0.6) is 0 Å². The fourth-order valence-electron chi connectivity index (χ4n) is 3.14. The molecule has 4 nitrogen and oxygen atoms in total. The first-order valence-electron chi connectivity index (χ1n) is 10.4. The summed E-state index contributed by atoms with van der Waals surface area (Å²) < 4.78 is 40.1. The molecule has 33 heavy (non-hydrogen) atoms. The predicted molar refractivity (Wildman–Crippen MR) is 125 cm³/mol. The van der Waals surface area contributed by atoms with Gasteiger partial charge in [0.2, 0.25) is 11.8 Å². The third-order valence-electron chi connectivity index (χ3n) is 4.70. The number of alkyl halides is 3. The van der Waals surface area contributed by atoms with Crippen molar-refractivity contribution >= 4 is 35.0 Å². The Morgan fingerprint density at radius 1 is 0.879 bits per heavy atom. The van der Waals surface area contributed by atoms with Crippen LogP contribution in [0.2, 0.25) is 0 Å². The van der Waals surface area contributed by atoms with Crippen LogP contribution in [0.4, 0.5) is 24.5 Å². The summed E-state index contributed by atoms with van der Waals surface area (Å²) in [7, 11) is 0. The van der Waals surface area contributed by atoms with Gasteiger partial charge in [-0.15, -0.1) is 11.8 Å². The van der Waals surface area contributed by atoms with E-state index in [-0.39, 0.29) is 11.6 Å². The SMILES string of the molecule is CCCC(=O)Nc1ccc(SC(C(=O)Nc2ccccc2C(F)(F)F)c2ccccc2)cc1. The number of hydrogen-bond donors (Lipinski definition) is 2. The molecular weight excluding hydrogens is 449 g/mol. The zero-order valence-corrected chi connectivity index (χ0v) is 18.7. The molecule has 1 atom stereocenters. The average molecular weight is 473 g/mol. The van der Waals surface area contributed by atoms with Crippen molar-refractivity contribution < 1.29 is 22.8 Å². The van der Waals surface area contributed by atoms with Gasteiger partial charge in [-0.1, -0.05) is 49.4 Å². The molecule has 8 heteroatoms. The molecule has 0 spiro atoms. The summed E-state index contributed by atoms with van der Waals surface area (Å²) >= 11 is 1.21. The molecule has 0 aliphatic rings. The number of nitrogens with one attached hydrogen (secondary N) is 2. The Bertz CT molecular complexity index is 1090. The molecule has 0 fully saturated rings. The molecule has 3 aromatic rings. The average Bonchev–Trinajstić information content (AvgIpc) is 2.79. The summed E-state index contributed by atoms with van der Waals surface area (Å²) in [6.07, 6.45) is -3.42. The van der Waals surface area contributed by atoms with Crippen LogP contribution in [-0.4, -0.2) is 11.8 Å². The minimum atomic E-state index is -4.59. The zero-order valence-electron chi connectivity index (χ0n) is 17.9. The number of anilines is 2. The molecule has 0 saturated carbocycles. The first-order chi connectivity index (χ1) is 15.8. The van der Waals surface area contributed by atoms with Crippen molar-refractivity contribution in [1.29, 1.82) is 0 Å². The second-order valence-corrected chi connectivity index (χ2v) is 8.44. The molecule has 2 amide bonds. The standard InChI is InChI=1S/C25H23F3N2O2S/c1-2-8-22(31)29-18-13-15-19(16-14-18)33-23(17-9-4-3-5-10-17)24(32)30-21-12-7-6-11-20(21)25(26,27)28/h3-7,9-16,23H,2,8H2,1H3,(H,29,31)(H,30,32). The second-order valence-electron chi connectivity index (χ2n) is 7.26. The number of thioether (sulfide) groups is 1. The minimum Gasteiger partial charge on any atom is -0.326 e. The van der Waals surface area contributed by atoms with E-state index in [0.717, 1.165) is 17.4 Å². The van der Waals surface area contributed by atoms with Gasteiger partial charge in [-0.05, 0) is 48.4 Å². The van der Waals surface area contributed by atoms with E-state index in [0.29, 0.717) is 17.7 Å². The van der Waals surface area contributed by atoms with E-state index < -0.39 is 22.9 Å². The number of para-hydroxylation sites is 1. The van der Waals surface area contributed by atoms with Gasteiger partial charge in [-0.2, -0.15) is 13.2 Å². The first kappa shape index (κ1) is 24.4. The van der Waals surface area contributed by atoms with E-state index in [1.165, 1.54) is 30.0 Å². The number of halogens is 3. The van der Waals surface area contributed by atoms with Gasteiger partial charge in [0, 0.05) is 17.0 Å². The van der Waals surface area contributed by atoms with Crippen LogP contribution in [0.25, 0.3) is 0 Å². The molecule has 0 aliphatic carbocycles. The van der Waals surface area contributed by atoms with Crippen molar-refractivity contribution in [1.82, 2.24) is 0 Å². The maximum atomic E-state index is 13.4. The van der Waals surface area contributed by atoms with Gasteiger partial charge in [0.1, 0.15) is 5.25 Å². The number of amides is 2. The minimum absolute atomic E-state index is 0.0808. The molecule has 172 valence electrons. The number of rotatable bonds is 8. The fourth-order valence-corrected chi connectivity index (χ4v) is 4.17. The molecule has 2 N–H and O–H groups in total. The quantitative estimate of drug-likeness (QED) is 0.350. The van der Waals surface area contributed by atoms with E-state index in [9.17, 15) is 22.8 Å². The van der Waals surface area contributed by atoms with E-state index in [1.54, 1.807) is 54.6 Å². The van der Waals surface area contributed by atoms with Crippen molar-refractivity contribution in [3.63, 3.8) is 0 Å². The zero-order chi connectivity index (χ0) is 23.8. The Balaban J connectivity index is 1.82. The fraction of sp³-hybridized carbons (Fsp3) is 0.200. The highest BCUT2D eigenvalue weighted by atomic mass is 32.2. The molecule has 0 saturated heterocycles. The van der Waals surface area contributed by atoms with Crippen molar-refractivity contribution in [3.8, 4) is 0 Å². The first-order valence-corrected chi connectivity index (χ1v) is 11.2. The summed E-state index contributed by atoms with van der Waals surface area (Å²) in [5, 5.41) is 4.46. The normalized spacial score (nSPS) is 12.1. The smallest absolute Gasteiger partial charge is 0.326 e. The maximum Gasteiger partial charge on any atom is 0.418 e. The third kappa shape index (κ3) is 6.86. The lowest BCUT2D eigenvalue weighted by atomic mass is 10.1. The second kappa shape index (κ2) is 11.0. The topological polar surface area (TPSA) is 58.2 Å². The summed E-state index contributed by atoms with van der Waals surface area (Å²) in [6.45, 7) is 1.92. The highest BCUT2D eigenvalue weighted by Crippen LogP contribution is 2.39. The van der Waals surface area contributed by atoms with Gasteiger partial charge in [0.25, 0.3) is 0 Å². The van der Waals surface area contributed by atoms with E-state index in [1.807, 2.05) is 6.92 Å². The number of hydrogen-bond acceptors (Lipinski definition) is 3. The molecule has 1 unspecified atom stereocenters. The summed E-state index contributed by atoms with van der Waals surface area (Å²) in [6, 6.07) is 20.7. The van der Waals surface area contributed by atoms with Crippen molar-refractivity contribution in [3.05, 3.63) is 90.0 Å². The Hall–Kier alpha value is -3.26. The highest BCUT2D eigenvalue weighted by Gasteiger charge is 2.34. The van der Waals surface area contributed by atoms with Crippen LogP contribution in [-0.2, 0) is 15.8 Å². The highest BCUT2D eigenvalue weighted by molar-refractivity contribution is 8.00. The van der Waals surface area contributed by atoms with E-state index in [2.05, 4.69) is 10.6 Å². The number of carbonyl (C=O) groups excluding carboxylic acids is 2. The Labute approximate surface area is 194 Å². The third-order valence-corrected chi connectivity index (χ3v) is 5.97. The van der Waals surface area contributed by atoms with Gasteiger partial charge in [0.05, 0.1) is 11.3 Å². The van der Waals surface area contributed by atoms with E-state index in [4.69, 9.17) is 0 Å². The lowest BCUT2D eigenvalue weighted by molar-refractivity contribution is -0.137. The van der Waals surface area contributed by atoms with E-state index >= 15 is 0 Å². The van der Waals surface area contributed by atoms with Gasteiger partial charge in [-0.3, -0.25) is 9.59 Å². The van der Waals surface area contributed by atoms with Crippen molar-refractivity contribution in [2.24, 2.45) is 0 Å². The molecule has 0 bridgehead atoms. The van der Waals surface area contributed by atoms with Gasteiger partial charge < -0.3 is 10.6 Å². The monoisotopic (exact) mass is 472 g/mol. The van der Waals surface area contributed by atoms with Gasteiger partial charge in [-0.25, -0.2) is 0 Å². The summed E-state index contributed by atoms with van der Waals surface area (Å²) in [5.74, 6) is -0.647. The maximum absolute atomic E-state index is 13.4. The van der Waals surface area contributed by atoms with Gasteiger partial charge >= 0.3 is 6.18 Å².